The van der Waals surface area contributed by atoms with Gasteiger partial charge in [0.2, 0.25) is 0 Å². The minimum absolute atomic E-state index is 0.395. The van der Waals surface area contributed by atoms with E-state index >= 15 is 0 Å². The van der Waals surface area contributed by atoms with Gasteiger partial charge in [0.15, 0.2) is 0 Å². The average molecular weight is 357 g/mol. The van der Waals surface area contributed by atoms with Crippen LogP contribution in [-0.4, -0.2) is 27.1 Å². The molecule has 2 aliphatic heterocycles. The molecule has 0 radical (unpaired) electrons. The van der Waals surface area contributed by atoms with E-state index in [-0.39, 0.29) is 0 Å². The molecule has 130 valence electrons. The van der Waals surface area contributed by atoms with Crippen LogP contribution in [0.15, 0.2) is 23.0 Å². The van der Waals surface area contributed by atoms with Gasteiger partial charge in [0.1, 0.15) is 5.76 Å². The first-order valence-electron chi connectivity index (χ1n) is 8.72. The molecule has 4 rings (SSSR count). The third kappa shape index (κ3) is 2.74. The minimum atomic E-state index is -0.487. The molecule has 2 bridgehead atoms. The first-order chi connectivity index (χ1) is 12.0. The molecule has 2 aromatic rings. The Labute approximate surface area is 152 Å². The van der Waals surface area contributed by atoms with Crippen LogP contribution < -0.4 is 0 Å². The second-order valence-electron chi connectivity index (χ2n) is 7.35. The number of fused-ring (bicyclic) bond motifs is 2. The Balaban J connectivity index is 1.62. The smallest absolute Gasteiger partial charge is 0.138 e. The summed E-state index contributed by atoms with van der Waals surface area (Å²) in [5.41, 5.74) is 2.62. The highest BCUT2D eigenvalue weighted by Gasteiger charge is 2.49. The van der Waals surface area contributed by atoms with Crippen molar-refractivity contribution in [3.63, 3.8) is 0 Å². The van der Waals surface area contributed by atoms with E-state index in [4.69, 9.17) is 16.1 Å². The molecule has 2 atom stereocenters. The lowest BCUT2D eigenvalue weighted by Gasteiger charge is -2.43. The monoisotopic (exact) mass is 356 g/mol. The van der Waals surface area contributed by atoms with E-state index in [1.165, 1.54) is 5.56 Å². The van der Waals surface area contributed by atoms with Crippen molar-refractivity contribution in [2.45, 2.75) is 63.6 Å². The van der Waals surface area contributed by atoms with Crippen LogP contribution in [0.25, 0.3) is 0 Å². The van der Waals surface area contributed by atoms with E-state index in [2.05, 4.69) is 21.1 Å². The SMILES string of the molecule is Cc1noc(C)c1CN1C2CCC1CC(C#N)(c1cncc(Cl)c1)C2. The average Bonchev–Trinajstić information content (AvgIpc) is 3.04. The quantitative estimate of drug-likeness (QED) is 0.833. The number of hydrogen-bond acceptors (Lipinski definition) is 5. The first kappa shape index (κ1) is 16.6. The molecule has 4 heterocycles. The normalized spacial score (nSPS) is 28.9. The molecule has 25 heavy (non-hydrogen) atoms. The Morgan fingerprint density at radius 3 is 2.60 bits per heavy atom. The third-order valence-electron chi connectivity index (χ3n) is 5.93. The Kier molecular flexibility index (Phi) is 4.05. The molecule has 0 spiro atoms. The molecule has 6 heteroatoms. The molecular formula is C19H21ClN4O. The third-order valence-corrected chi connectivity index (χ3v) is 6.14. The van der Waals surface area contributed by atoms with Gasteiger partial charge in [-0.25, -0.2) is 0 Å². The zero-order valence-electron chi connectivity index (χ0n) is 14.5. The van der Waals surface area contributed by atoms with E-state index in [1.807, 2.05) is 19.9 Å². The van der Waals surface area contributed by atoms with Crippen LogP contribution in [-0.2, 0) is 12.0 Å². The van der Waals surface area contributed by atoms with Gasteiger partial charge >= 0.3 is 0 Å². The van der Waals surface area contributed by atoms with E-state index in [0.717, 1.165) is 49.2 Å². The molecule has 0 saturated carbocycles. The predicted octanol–water partition coefficient (Wildman–Crippen LogP) is 3.93. The maximum absolute atomic E-state index is 10.0. The number of hydrogen-bond donors (Lipinski definition) is 0. The summed E-state index contributed by atoms with van der Waals surface area (Å²) < 4.78 is 5.32. The number of rotatable bonds is 3. The number of piperidine rings is 1. The van der Waals surface area contributed by atoms with Crippen molar-refractivity contribution >= 4 is 11.6 Å². The second-order valence-corrected chi connectivity index (χ2v) is 7.79. The zero-order chi connectivity index (χ0) is 17.6. The fourth-order valence-corrected chi connectivity index (χ4v) is 4.75. The molecule has 5 nitrogen and oxygen atoms in total. The van der Waals surface area contributed by atoms with Gasteiger partial charge in [-0.1, -0.05) is 16.8 Å². The highest BCUT2D eigenvalue weighted by atomic mass is 35.5. The molecule has 2 fully saturated rings. The van der Waals surface area contributed by atoms with E-state index in [1.54, 1.807) is 12.4 Å². The highest BCUT2D eigenvalue weighted by Crippen LogP contribution is 2.47. The predicted molar refractivity (Wildman–Crippen MR) is 94.1 cm³/mol. The highest BCUT2D eigenvalue weighted by molar-refractivity contribution is 6.30. The Morgan fingerprint density at radius 2 is 2.04 bits per heavy atom. The lowest BCUT2D eigenvalue weighted by atomic mass is 9.71. The van der Waals surface area contributed by atoms with E-state index in [9.17, 15) is 5.26 Å². The van der Waals surface area contributed by atoms with Crippen molar-refractivity contribution in [2.24, 2.45) is 0 Å². The van der Waals surface area contributed by atoms with Gasteiger partial charge in [-0.05, 0) is 51.2 Å². The van der Waals surface area contributed by atoms with Gasteiger partial charge in [-0.2, -0.15) is 5.26 Å². The zero-order valence-corrected chi connectivity index (χ0v) is 15.3. The number of nitrogens with zero attached hydrogens (tertiary/aromatic N) is 4. The summed E-state index contributed by atoms with van der Waals surface area (Å²) in [7, 11) is 0. The van der Waals surface area contributed by atoms with Crippen LogP contribution in [0.1, 0.15) is 48.3 Å². The van der Waals surface area contributed by atoms with Gasteiger partial charge in [-0.15, -0.1) is 0 Å². The van der Waals surface area contributed by atoms with Crippen molar-refractivity contribution in [3.8, 4) is 6.07 Å². The summed E-state index contributed by atoms with van der Waals surface area (Å²) in [4.78, 5) is 6.75. The lowest BCUT2D eigenvalue weighted by Crippen LogP contribution is -2.48. The molecule has 0 aliphatic carbocycles. The molecule has 2 aliphatic rings. The number of halogens is 1. The van der Waals surface area contributed by atoms with Crippen LogP contribution in [0.5, 0.6) is 0 Å². The maximum atomic E-state index is 10.0. The Bertz CT molecular complexity index is 807. The largest absolute Gasteiger partial charge is 0.361 e. The number of aryl methyl sites for hydroxylation is 2. The summed E-state index contributed by atoms with van der Waals surface area (Å²) >= 11 is 6.13. The standard InChI is InChI=1S/C19H21ClN4O/c1-12-18(13(2)25-23-12)10-24-16-3-4-17(24)7-19(6-16,11-21)14-5-15(20)9-22-8-14/h5,8-9,16-17H,3-4,6-7,10H2,1-2H3. The fourth-order valence-electron chi connectivity index (χ4n) is 4.57. The second kappa shape index (κ2) is 6.12. The molecule has 2 unspecified atom stereocenters. The summed E-state index contributed by atoms with van der Waals surface area (Å²) in [6.07, 6.45) is 7.34. The lowest BCUT2D eigenvalue weighted by molar-refractivity contribution is 0.0967. The molecule has 0 amide bonds. The number of pyridine rings is 1. The van der Waals surface area contributed by atoms with Crippen molar-refractivity contribution in [1.29, 1.82) is 5.26 Å². The van der Waals surface area contributed by atoms with Gasteiger partial charge in [-0.3, -0.25) is 9.88 Å². The van der Waals surface area contributed by atoms with E-state index < -0.39 is 5.41 Å². The Hall–Kier alpha value is -1.90. The summed E-state index contributed by atoms with van der Waals surface area (Å²) in [6, 6.07) is 5.30. The van der Waals surface area contributed by atoms with Gasteiger partial charge in [0.25, 0.3) is 0 Å². The molecule has 0 aromatic carbocycles. The summed E-state index contributed by atoms with van der Waals surface area (Å²) in [5.74, 6) is 0.896. The van der Waals surface area contributed by atoms with Crippen molar-refractivity contribution in [3.05, 3.63) is 46.1 Å². The fraction of sp³-hybridized carbons (Fsp3) is 0.526. The molecule has 0 N–H and O–H groups in total. The minimum Gasteiger partial charge on any atom is -0.361 e. The first-order valence-corrected chi connectivity index (χ1v) is 9.10. The summed E-state index contributed by atoms with van der Waals surface area (Å²) in [6.45, 7) is 4.82. The van der Waals surface area contributed by atoms with E-state index in [0.29, 0.717) is 17.1 Å². The van der Waals surface area contributed by atoms with Crippen LogP contribution in [0.3, 0.4) is 0 Å². The molecule has 2 saturated heterocycles. The summed E-state index contributed by atoms with van der Waals surface area (Å²) in [5, 5.41) is 14.7. The van der Waals surface area contributed by atoms with Crippen molar-refractivity contribution in [2.75, 3.05) is 0 Å². The Morgan fingerprint density at radius 1 is 1.32 bits per heavy atom. The van der Waals surface area contributed by atoms with Crippen LogP contribution in [0.4, 0.5) is 0 Å². The van der Waals surface area contributed by atoms with Gasteiger partial charge < -0.3 is 4.52 Å². The number of aromatic nitrogens is 2. The topological polar surface area (TPSA) is 66.0 Å². The van der Waals surface area contributed by atoms with Crippen molar-refractivity contribution < 1.29 is 4.52 Å². The van der Waals surface area contributed by atoms with Crippen molar-refractivity contribution in [1.82, 2.24) is 15.0 Å². The number of nitriles is 1. The molecular weight excluding hydrogens is 336 g/mol. The van der Waals surface area contributed by atoms with Crippen LogP contribution >= 0.6 is 11.6 Å². The van der Waals surface area contributed by atoms with Gasteiger partial charge in [0, 0.05) is 36.6 Å². The van der Waals surface area contributed by atoms with Crippen LogP contribution in [0.2, 0.25) is 5.02 Å². The van der Waals surface area contributed by atoms with Crippen LogP contribution in [0, 0.1) is 25.2 Å². The van der Waals surface area contributed by atoms with Gasteiger partial charge in [0.05, 0.1) is 22.2 Å². The maximum Gasteiger partial charge on any atom is 0.138 e. The molecule has 2 aromatic heterocycles.